The van der Waals surface area contributed by atoms with Gasteiger partial charge in [-0.2, -0.15) is 4.98 Å². The minimum absolute atomic E-state index is 0.0310. The summed E-state index contributed by atoms with van der Waals surface area (Å²) < 4.78 is 28.1. The molecule has 0 bridgehead atoms. The monoisotopic (exact) mass is 333 g/mol. The predicted octanol–water partition coefficient (Wildman–Crippen LogP) is 0.249. The summed E-state index contributed by atoms with van der Waals surface area (Å²) in [5, 5.41) is 12.8. The second-order valence-electron chi connectivity index (χ2n) is 4.84. The van der Waals surface area contributed by atoms with Gasteiger partial charge in [0.2, 0.25) is 16.0 Å². The molecular weight excluding hydrogens is 318 g/mol. The van der Waals surface area contributed by atoms with E-state index in [2.05, 4.69) is 14.8 Å². The number of nitrogens with one attached hydrogen (secondary N) is 1. The van der Waals surface area contributed by atoms with Crippen molar-refractivity contribution in [3.63, 3.8) is 0 Å². The molecule has 0 fully saturated rings. The summed E-state index contributed by atoms with van der Waals surface area (Å²) in [6.07, 6.45) is 1.73. The van der Waals surface area contributed by atoms with E-state index < -0.39 is 10.0 Å². The molecule has 0 spiro atoms. The lowest BCUT2D eigenvalue weighted by Gasteiger charge is -2.08. The lowest BCUT2D eigenvalue weighted by atomic mass is 10.1. The Balaban J connectivity index is 2.00. The van der Waals surface area contributed by atoms with Crippen molar-refractivity contribution >= 4 is 21.6 Å². The lowest BCUT2D eigenvalue weighted by Crippen LogP contribution is -2.26. The maximum Gasteiger partial charge on any atom is 0.240 e. The molecule has 2 heterocycles. The Morgan fingerprint density at radius 2 is 2.04 bits per heavy atom. The van der Waals surface area contributed by atoms with Gasteiger partial charge < -0.3 is 10.8 Å². The summed E-state index contributed by atoms with van der Waals surface area (Å²) in [6.45, 7) is -0.292. The largest absolute Gasteiger partial charge is 0.395 e. The van der Waals surface area contributed by atoms with Crippen molar-refractivity contribution in [1.29, 1.82) is 0 Å². The number of aromatic nitrogens is 3. The average molecular weight is 333 g/mol. The van der Waals surface area contributed by atoms with Crippen LogP contribution >= 0.6 is 0 Å². The number of aliphatic hydroxyl groups excluding tert-OH is 1. The van der Waals surface area contributed by atoms with Crippen LogP contribution in [0.2, 0.25) is 0 Å². The second-order valence-corrected chi connectivity index (χ2v) is 6.61. The van der Waals surface area contributed by atoms with E-state index in [-0.39, 0.29) is 24.0 Å². The number of benzene rings is 1. The minimum atomic E-state index is -3.66. The molecule has 0 saturated heterocycles. The van der Waals surface area contributed by atoms with Crippen LogP contribution in [0.3, 0.4) is 0 Å². The van der Waals surface area contributed by atoms with Crippen LogP contribution in [0, 0.1) is 0 Å². The number of nitrogens with two attached hydrogens (primary N) is 1. The maximum absolute atomic E-state index is 12.1. The Kier molecular flexibility index (Phi) is 3.99. The number of rotatable bonds is 5. The zero-order valence-corrected chi connectivity index (χ0v) is 12.9. The van der Waals surface area contributed by atoms with Crippen molar-refractivity contribution in [2.75, 3.05) is 18.9 Å². The van der Waals surface area contributed by atoms with Crippen LogP contribution in [0.5, 0.6) is 0 Å². The molecule has 0 radical (unpaired) electrons. The van der Waals surface area contributed by atoms with Crippen LogP contribution in [-0.2, 0) is 10.0 Å². The van der Waals surface area contributed by atoms with E-state index in [1.165, 1.54) is 10.6 Å². The molecule has 0 atom stereocenters. The molecule has 0 saturated carbocycles. The van der Waals surface area contributed by atoms with Crippen LogP contribution in [0.1, 0.15) is 0 Å². The van der Waals surface area contributed by atoms with Crippen molar-refractivity contribution < 1.29 is 13.5 Å². The minimum Gasteiger partial charge on any atom is -0.395 e. The van der Waals surface area contributed by atoms with Crippen molar-refractivity contribution in [1.82, 2.24) is 19.3 Å². The number of sulfonamides is 1. The smallest absolute Gasteiger partial charge is 0.240 e. The van der Waals surface area contributed by atoms with Crippen LogP contribution in [0.15, 0.2) is 47.5 Å². The number of fused-ring (bicyclic) bond motifs is 1. The number of nitrogens with zero attached hydrogens (tertiary/aromatic N) is 3. The van der Waals surface area contributed by atoms with E-state index in [9.17, 15) is 8.42 Å². The predicted molar refractivity (Wildman–Crippen MR) is 85.1 cm³/mol. The number of hydrogen-bond acceptors (Lipinski definition) is 6. The highest BCUT2D eigenvalue weighted by atomic mass is 32.2. The fraction of sp³-hybridized carbons (Fsp3) is 0.143. The third-order valence-corrected chi connectivity index (χ3v) is 4.69. The van der Waals surface area contributed by atoms with Crippen LogP contribution in [-0.4, -0.2) is 41.3 Å². The molecular formula is C14H15N5O3S. The first-order valence-electron chi connectivity index (χ1n) is 6.82. The molecule has 9 heteroatoms. The zero-order valence-electron chi connectivity index (χ0n) is 12.0. The van der Waals surface area contributed by atoms with Gasteiger partial charge >= 0.3 is 0 Å². The summed E-state index contributed by atoms with van der Waals surface area (Å²) in [4.78, 5) is 4.17. The molecule has 0 aliphatic heterocycles. The second kappa shape index (κ2) is 5.95. The molecule has 3 aromatic rings. The van der Waals surface area contributed by atoms with E-state index in [1.54, 1.807) is 30.5 Å². The van der Waals surface area contributed by atoms with Crippen molar-refractivity contribution in [3.8, 4) is 11.1 Å². The number of hydrogen-bond donors (Lipinski definition) is 3. The van der Waals surface area contributed by atoms with Gasteiger partial charge in [-0.25, -0.2) is 17.7 Å². The Hall–Kier alpha value is -2.49. The molecule has 3 rings (SSSR count). The fourth-order valence-corrected chi connectivity index (χ4v) is 3.24. The molecule has 8 nitrogen and oxygen atoms in total. The zero-order chi connectivity index (χ0) is 16.4. The topological polar surface area (TPSA) is 123 Å². The highest BCUT2D eigenvalue weighted by Crippen LogP contribution is 2.23. The molecule has 1 aromatic carbocycles. The van der Waals surface area contributed by atoms with Gasteiger partial charge in [0.1, 0.15) is 0 Å². The third kappa shape index (κ3) is 3.16. The molecule has 0 aliphatic carbocycles. The molecule has 0 unspecified atom stereocenters. The van der Waals surface area contributed by atoms with Gasteiger partial charge in [0, 0.05) is 18.3 Å². The summed E-state index contributed by atoms with van der Waals surface area (Å²) >= 11 is 0. The van der Waals surface area contributed by atoms with Gasteiger partial charge in [0.15, 0.2) is 5.65 Å². The van der Waals surface area contributed by atoms with E-state index >= 15 is 0 Å². The quantitative estimate of drug-likeness (QED) is 0.615. The Morgan fingerprint density at radius 3 is 2.83 bits per heavy atom. The highest BCUT2D eigenvalue weighted by Gasteiger charge is 2.14. The Bertz CT molecular complexity index is 952. The Labute approximate surface area is 132 Å². The first-order valence-corrected chi connectivity index (χ1v) is 8.31. The highest BCUT2D eigenvalue weighted by molar-refractivity contribution is 7.89. The van der Waals surface area contributed by atoms with Gasteiger partial charge in [0.25, 0.3) is 0 Å². The van der Waals surface area contributed by atoms with E-state index in [4.69, 9.17) is 10.8 Å². The summed E-state index contributed by atoms with van der Waals surface area (Å²) in [5.41, 5.74) is 7.66. The molecule has 0 amide bonds. The molecule has 4 N–H and O–H groups in total. The number of nitrogen functional groups attached to an aromatic ring is 1. The Morgan fingerprint density at radius 1 is 1.22 bits per heavy atom. The third-order valence-electron chi connectivity index (χ3n) is 3.23. The van der Waals surface area contributed by atoms with Crippen LogP contribution in [0.25, 0.3) is 16.8 Å². The SMILES string of the molecule is Nc1nc2ccc(-c3cccc(S(=O)(=O)NCCO)c3)cn2n1. The molecule has 23 heavy (non-hydrogen) atoms. The van der Waals surface area contributed by atoms with Crippen LogP contribution in [0.4, 0.5) is 5.95 Å². The first kappa shape index (κ1) is 15.4. The molecule has 0 aliphatic rings. The van der Waals surface area contributed by atoms with E-state index in [1.807, 2.05) is 6.07 Å². The van der Waals surface area contributed by atoms with E-state index in [0.717, 1.165) is 5.56 Å². The number of pyridine rings is 1. The first-order chi connectivity index (χ1) is 11.0. The van der Waals surface area contributed by atoms with Gasteiger partial charge in [-0.15, -0.1) is 5.10 Å². The maximum atomic E-state index is 12.1. The summed E-state index contributed by atoms with van der Waals surface area (Å²) in [7, 11) is -3.66. The van der Waals surface area contributed by atoms with Crippen molar-refractivity contribution in [3.05, 3.63) is 42.6 Å². The van der Waals surface area contributed by atoms with Crippen molar-refractivity contribution in [2.24, 2.45) is 0 Å². The summed E-state index contributed by atoms with van der Waals surface area (Å²) in [6, 6.07) is 10.1. The average Bonchev–Trinajstić information content (AvgIpc) is 2.92. The molecule has 2 aromatic heterocycles. The van der Waals surface area contributed by atoms with Crippen molar-refractivity contribution in [2.45, 2.75) is 4.90 Å². The molecule has 120 valence electrons. The van der Waals surface area contributed by atoms with Gasteiger partial charge in [-0.1, -0.05) is 12.1 Å². The van der Waals surface area contributed by atoms with Gasteiger partial charge in [0.05, 0.1) is 11.5 Å². The number of anilines is 1. The summed E-state index contributed by atoms with van der Waals surface area (Å²) in [5.74, 6) is 0.173. The number of aliphatic hydroxyl groups is 1. The normalized spacial score (nSPS) is 11.9. The fourth-order valence-electron chi connectivity index (χ4n) is 2.18. The van der Waals surface area contributed by atoms with Crippen LogP contribution < -0.4 is 10.5 Å². The van der Waals surface area contributed by atoms with Gasteiger partial charge in [-0.05, 0) is 29.8 Å². The lowest BCUT2D eigenvalue weighted by molar-refractivity contribution is 0.301. The standard InChI is InChI=1S/C14H15N5O3S/c15-14-17-13-5-4-11(9-19(13)18-14)10-2-1-3-12(8-10)23(21,22)16-6-7-20/h1-5,8-9,16,20H,6-7H2,(H2,15,18). The van der Waals surface area contributed by atoms with Gasteiger partial charge in [-0.3, -0.25) is 0 Å². The van der Waals surface area contributed by atoms with E-state index in [0.29, 0.717) is 11.2 Å².